The Kier molecular flexibility index (Phi) is 3.28. The smallest absolute Gasteiger partial charge is 0.138 e. The van der Waals surface area contributed by atoms with Crippen LogP contribution in [-0.4, -0.2) is 32.6 Å². The van der Waals surface area contributed by atoms with Gasteiger partial charge in [-0.3, -0.25) is 0 Å². The lowest BCUT2D eigenvalue weighted by atomic mass is 9.85. The van der Waals surface area contributed by atoms with Crippen molar-refractivity contribution in [3.05, 3.63) is 47.5 Å². The standard InChI is InChI=1S/C14H16ClN3O2/c1-20-13(6-7-13)14(19,8-18-10-16-9-17-18)11-2-4-12(15)5-3-11/h2-5,9-10,19H,6-8H2,1H3. The van der Waals surface area contributed by atoms with E-state index in [4.69, 9.17) is 16.3 Å². The quantitative estimate of drug-likeness (QED) is 0.916. The first-order valence-electron chi connectivity index (χ1n) is 6.46. The van der Waals surface area contributed by atoms with E-state index in [2.05, 4.69) is 10.1 Å². The Balaban J connectivity index is 2.01. The third-order valence-corrected chi connectivity index (χ3v) is 4.28. The van der Waals surface area contributed by atoms with E-state index in [1.165, 1.54) is 6.33 Å². The number of aromatic nitrogens is 3. The van der Waals surface area contributed by atoms with Crippen molar-refractivity contribution in [2.45, 2.75) is 30.6 Å². The summed E-state index contributed by atoms with van der Waals surface area (Å²) in [7, 11) is 1.63. The van der Waals surface area contributed by atoms with Gasteiger partial charge in [-0.05, 0) is 30.5 Å². The summed E-state index contributed by atoms with van der Waals surface area (Å²) in [5.41, 5.74) is -0.941. The van der Waals surface area contributed by atoms with E-state index in [1.54, 1.807) is 30.3 Å². The summed E-state index contributed by atoms with van der Waals surface area (Å²) < 4.78 is 7.22. The first-order valence-corrected chi connectivity index (χ1v) is 6.83. The second-order valence-electron chi connectivity index (χ2n) is 5.16. The van der Waals surface area contributed by atoms with E-state index < -0.39 is 11.2 Å². The van der Waals surface area contributed by atoms with E-state index in [1.807, 2.05) is 12.1 Å². The summed E-state index contributed by atoms with van der Waals surface area (Å²) in [4.78, 5) is 3.92. The average molecular weight is 294 g/mol. The van der Waals surface area contributed by atoms with Crippen molar-refractivity contribution < 1.29 is 9.84 Å². The summed E-state index contributed by atoms with van der Waals surface area (Å²) >= 11 is 5.93. The molecule has 20 heavy (non-hydrogen) atoms. The molecule has 1 aliphatic rings. The zero-order valence-electron chi connectivity index (χ0n) is 11.2. The maximum Gasteiger partial charge on any atom is 0.138 e. The predicted octanol–water partition coefficient (Wildman–Crippen LogP) is 2.00. The van der Waals surface area contributed by atoms with Gasteiger partial charge >= 0.3 is 0 Å². The van der Waals surface area contributed by atoms with Crippen molar-refractivity contribution in [1.29, 1.82) is 0 Å². The second kappa shape index (κ2) is 4.84. The summed E-state index contributed by atoms with van der Waals surface area (Å²) in [6.07, 6.45) is 4.68. The number of halogens is 1. The van der Waals surface area contributed by atoms with Crippen LogP contribution >= 0.6 is 11.6 Å². The monoisotopic (exact) mass is 293 g/mol. The second-order valence-corrected chi connectivity index (χ2v) is 5.60. The molecule has 1 aromatic carbocycles. The molecule has 1 atom stereocenters. The van der Waals surface area contributed by atoms with Gasteiger partial charge in [0.1, 0.15) is 23.9 Å². The van der Waals surface area contributed by atoms with E-state index in [0.717, 1.165) is 18.4 Å². The Morgan fingerprint density at radius 2 is 2.10 bits per heavy atom. The van der Waals surface area contributed by atoms with Crippen molar-refractivity contribution in [2.24, 2.45) is 0 Å². The van der Waals surface area contributed by atoms with Crippen molar-refractivity contribution in [1.82, 2.24) is 14.8 Å². The van der Waals surface area contributed by atoms with Gasteiger partial charge in [-0.2, -0.15) is 5.10 Å². The lowest BCUT2D eigenvalue weighted by Crippen LogP contribution is -2.46. The average Bonchev–Trinajstić information content (AvgIpc) is 3.11. The molecule has 1 fully saturated rings. The zero-order valence-corrected chi connectivity index (χ0v) is 11.9. The van der Waals surface area contributed by atoms with Crippen molar-refractivity contribution in [3.63, 3.8) is 0 Å². The first kappa shape index (κ1) is 13.5. The summed E-state index contributed by atoms with van der Waals surface area (Å²) in [5.74, 6) is 0. The molecule has 1 heterocycles. The molecular weight excluding hydrogens is 278 g/mol. The minimum Gasteiger partial charge on any atom is -0.380 e. The fourth-order valence-electron chi connectivity index (χ4n) is 2.67. The number of rotatable bonds is 5. The van der Waals surface area contributed by atoms with Gasteiger partial charge in [-0.15, -0.1) is 0 Å². The van der Waals surface area contributed by atoms with Crippen LogP contribution in [0.5, 0.6) is 0 Å². The fraction of sp³-hybridized carbons (Fsp3) is 0.429. The number of hydrogen-bond donors (Lipinski definition) is 1. The van der Waals surface area contributed by atoms with Crippen LogP contribution in [0.2, 0.25) is 5.02 Å². The Bertz CT molecular complexity index is 581. The highest BCUT2D eigenvalue weighted by Crippen LogP contribution is 2.53. The topological polar surface area (TPSA) is 60.2 Å². The molecule has 0 amide bonds. The lowest BCUT2D eigenvalue weighted by Gasteiger charge is -2.36. The van der Waals surface area contributed by atoms with E-state index in [9.17, 15) is 5.11 Å². The van der Waals surface area contributed by atoms with Gasteiger partial charge in [0.05, 0.1) is 6.54 Å². The van der Waals surface area contributed by atoms with Crippen LogP contribution in [0.3, 0.4) is 0 Å². The van der Waals surface area contributed by atoms with Gasteiger partial charge in [-0.25, -0.2) is 9.67 Å². The molecule has 1 saturated carbocycles. The fourth-order valence-corrected chi connectivity index (χ4v) is 2.80. The van der Waals surface area contributed by atoms with Crippen LogP contribution in [0.15, 0.2) is 36.9 Å². The van der Waals surface area contributed by atoms with E-state index >= 15 is 0 Å². The van der Waals surface area contributed by atoms with Gasteiger partial charge in [0.2, 0.25) is 0 Å². The Morgan fingerprint density at radius 1 is 1.40 bits per heavy atom. The Hall–Kier alpha value is -1.43. The molecule has 5 nitrogen and oxygen atoms in total. The van der Waals surface area contributed by atoms with Crippen LogP contribution in [0.25, 0.3) is 0 Å². The molecule has 0 radical (unpaired) electrons. The third-order valence-electron chi connectivity index (χ3n) is 4.03. The molecule has 1 aliphatic carbocycles. The third kappa shape index (κ3) is 2.12. The van der Waals surface area contributed by atoms with Crippen LogP contribution in [0.1, 0.15) is 18.4 Å². The molecule has 0 spiro atoms. The normalized spacial score (nSPS) is 19.6. The minimum atomic E-state index is -1.15. The molecule has 3 rings (SSSR count). The van der Waals surface area contributed by atoms with Gasteiger partial charge in [-0.1, -0.05) is 23.7 Å². The molecule has 0 bridgehead atoms. The van der Waals surface area contributed by atoms with E-state index in [0.29, 0.717) is 11.6 Å². The molecule has 1 aromatic heterocycles. The van der Waals surface area contributed by atoms with Crippen LogP contribution in [-0.2, 0) is 16.9 Å². The highest BCUT2D eigenvalue weighted by atomic mass is 35.5. The number of ether oxygens (including phenoxy) is 1. The molecule has 0 aliphatic heterocycles. The number of hydrogen-bond acceptors (Lipinski definition) is 4. The van der Waals surface area contributed by atoms with Crippen LogP contribution in [0.4, 0.5) is 0 Å². The Morgan fingerprint density at radius 3 is 2.60 bits per heavy atom. The summed E-state index contributed by atoms with van der Waals surface area (Å²) in [6.45, 7) is 0.294. The first-order chi connectivity index (χ1) is 9.60. The number of methoxy groups -OCH3 is 1. The highest BCUT2D eigenvalue weighted by Gasteiger charge is 2.60. The predicted molar refractivity (Wildman–Crippen MR) is 74.3 cm³/mol. The molecule has 1 unspecified atom stereocenters. The zero-order chi connectivity index (χ0) is 14.2. The largest absolute Gasteiger partial charge is 0.380 e. The van der Waals surface area contributed by atoms with Gasteiger partial charge in [0.25, 0.3) is 0 Å². The number of aliphatic hydroxyl groups is 1. The van der Waals surface area contributed by atoms with Crippen molar-refractivity contribution >= 4 is 11.6 Å². The molecule has 2 aromatic rings. The van der Waals surface area contributed by atoms with Gasteiger partial charge in [0.15, 0.2) is 0 Å². The number of benzene rings is 1. The lowest BCUT2D eigenvalue weighted by molar-refractivity contribution is -0.129. The summed E-state index contributed by atoms with van der Waals surface area (Å²) in [6, 6.07) is 7.21. The molecule has 0 saturated heterocycles. The number of nitrogens with zero attached hydrogens (tertiary/aromatic N) is 3. The highest BCUT2D eigenvalue weighted by molar-refractivity contribution is 6.30. The van der Waals surface area contributed by atoms with E-state index in [-0.39, 0.29) is 0 Å². The van der Waals surface area contributed by atoms with Crippen molar-refractivity contribution in [3.8, 4) is 0 Å². The van der Waals surface area contributed by atoms with Crippen molar-refractivity contribution in [2.75, 3.05) is 7.11 Å². The van der Waals surface area contributed by atoms with Gasteiger partial charge in [0, 0.05) is 12.1 Å². The molecular formula is C14H16ClN3O2. The van der Waals surface area contributed by atoms with Crippen LogP contribution < -0.4 is 0 Å². The van der Waals surface area contributed by atoms with Gasteiger partial charge < -0.3 is 9.84 Å². The molecule has 1 N–H and O–H groups in total. The maximum absolute atomic E-state index is 11.3. The van der Waals surface area contributed by atoms with Crippen LogP contribution in [0, 0.1) is 0 Å². The Labute approximate surface area is 122 Å². The summed E-state index contributed by atoms with van der Waals surface area (Å²) in [5, 5.41) is 16.0. The SMILES string of the molecule is COC1(C(O)(Cn2cncn2)c2ccc(Cl)cc2)CC1. The minimum absolute atomic E-state index is 0.294. The maximum atomic E-state index is 11.3. The molecule has 6 heteroatoms. The molecule has 106 valence electrons.